The molecule has 0 aromatic carbocycles. The van der Waals surface area contributed by atoms with E-state index in [9.17, 15) is 5.11 Å². The molecule has 1 saturated heterocycles. The predicted octanol–water partition coefficient (Wildman–Crippen LogP) is 2.47. The van der Waals surface area contributed by atoms with Crippen molar-refractivity contribution in [3.05, 3.63) is 29.0 Å². The molecule has 1 fully saturated rings. The molecule has 17 heavy (non-hydrogen) atoms. The fraction of sp³-hybridized carbons (Fsp3) is 0.615. The van der Waals surface area contributed by atoms with Gasteiger partial charge in [0.05, 0.1) is 5.60 Å². The standard InChI is InChI=1S/C13H19ClN2O/c1-13(2,17)11-4-3-7-16(11)9-10-5-6-12(14)15-8-10/h5-6,8,11,17H,3-4,7,9H2,1-2H3. The molecule has 1 aromatic rings. The number of likely N-dealkylation sites (tertiary alicyclic amines) is 1. The number of pyridine rings is 1. The summed E-state index contributed by atoms with van der Waals surface area (Å²) in [6.07, 6.45) is 4.02. The van der Waals surface area contributed by atoms with Crippen LogP contribution in [0.25, 0.3) is 0 Å². The highest BCUT2D eigenvalue weighted by Crippen LogP contribution is 2.28. The Kier molecular flexibility index (Phi) is 3.71. The minimum atomic E-state index is -0.643. The Morgan fingerprint density at radius 2 is 2.29 bits per heavy atom. The van der Waals surface area contributed by atoms with Crippen molar-refractivity contribution in [2.24, 2.45) is 0 Å². The van der Waals surface area contributed by atoms with E-state index in [2.05, 4.69) is 9.88 Å². The molecule has 3 nitrogen and oxygen atoms in total. The van der Waals surface area contributed by atoms with E-state index in [0.29, 0.717) is 5.15 Å². The molecule has 94 valence electrons. The normalized spacial score (nSPS) is 22.0. The van der Waals surface area contributed by atoms with Gasteiger partial charge in [0, 0.05) is 18.8 Å². The van der Waals surface area contributed by atoms with E-state index in [-0.39, 0.29) is 6.04 Å². The van der Waals surface area contributed by atoms with Gasteiger partial charge >= 0.3 is 0 Å². The molecule has 2 heterocycles. The number of halogens is 1. The smallest absolute Gasteiger partial charge is 0.129 e. The average molecular weight is 255 g/mol. The fourth-order valence-corrected chi connectivity index (χ4v) is 2.66. The van der Waals surface area contributed by atoms with E-state index in [0.717, 1.165) is 31.5 Å². The highest BCUT2D eigenvalue weighted by atomic mass is 35.5. The molecule has 1 unspecified atom stereocenters. The first kappa shape index (κ1) is 12.8. The zero-order valence-corrected chi connectivity index (χ0v) is 11.1. The summed E-state index contributed by atoms with van der Waals surface area (Å²) in [7, 11) is 0. The van der Waals surface area contributed by atoms with Crippen molar-refractivity contribution < 1.29 is 5.11 Å². The molecule has 0 radical (unpaired) electrons. The SMILES string of the molecule is CC(C)(O)C1CCCN1Cc1ccc(Cl)nc1. The quantitative estimate of drug-likeness (QED) is 0.842. The number of hydrogen-bond acceptors (Lipinski definition) is 3. The van der Waals surface area contributed by atoms with Crippen molar-refractivity contribution in [2.45, 2.75) is 44.9 Å². The van der Waals surface area contributed by atoms with E-state index < -0.39 is 5.60 Å². The summed E-state index contributed by atoms with van der Waals surface area (Å²) < 4.78 is 0. The summed E-state index contributed by atoms with van der Waals surface area (Å²) in [5.74, 6) is 0. The highest BCUT2D eigenvalue weighted by Gasteiger charge is 2.35. The molecule has 1 N–H and O–H groups in total. The van der Waals surface area contributed by atoms with Gasteiger partial charge in [-0.15, -0.1) is 0 Å². The lowest BCUT2D eigenvalue weighted by Gasteiger charge is -2.33. The minimum absolute atomic E-state index is 0.234. The Hall–Kier alpha value is -0.640. The number of nitrogens with zero attached hydrogens (tertiary/aromatic N) is 2. The Morgan fingerprint density at radius 3 is 2.88 bits per heavy atom. The monoisotopic (exact) mass is 254 g/mol. The Morgan fingerprint density at radius 1 is 1.53 bits per heavy atom. The van der Waals surface area contributed by atoms with Crippen molar-refractivity contribution in [3.63, 3.8) is 0 Å². The third-order valence-corrected chi connectivity index (χ3v) is 3.58. The van der Waals surface area contributed by atoms with Crippen LogP contribution >= 0.6 is 11.6 Å². The van der Waals surface area contributed by atoms with E-state index in [1.165, 1.54) is 0 Å². The van der Waals surface area contributed by atoms with Crippen LogP contribution in [0.2, 0.25) is 5.15 Å². The number of aliphatic hydroxyl groups is 1. The third kappa shape index (κ3) is 3.18. The van der Waals surface area contributed by atoms with E-state index >= 15 is 0 Å². The lowest BCUT2D eigenvalue weighted by molar-refractivity contribution is -0.00504. The summed E-state index contributed by atoms with van der Waals surface area (Å²) in [6, 6.07) is 4.04. The molecule has 0 saturated carbocycles. The van der Waals surface area contributed by atoms with Crippen LogP contribution in [0.1, 0.15) is 32.3 Å². The lowest BCUT2D eigenvalue weighted by Crippen LogP contribution is -2.45. The molecule has 0 bridgehead atoms. The van der Waals surface area contributed by atoms with Gasteiger partial charge in [-0.25, -0.2) is 4.98 Å². The van der Waals surface area contributed by atoms with Crippen LogP contribution in [0.5, 0.6) is 0 Å². The summed E-state index contributed by atoms with van der Waals surface area (Å²) in [5, 5.41) is 10.7. The van der Waals surface area contributed by atoms with Crippen LogP contribution in [-0.4, -0.2) is 33.2 Å². The van der Waals surface area contributed by atoms with Crippen LogP contribution in [-0.2, 0) is 6.54 Å². The second kappa shape index (κ2) is 4.92. The maximum Gasteiger partial charge on any atom is 0.129 e. The van der Waals surface area contributed by atoms with Gasteiger partial charge in [0.25, 0.3) is 0 Å². The minimum Gasteiger partial charge on any atom is -0.389 e. The van der Waals surface area contributed by atoms with Crippen molar-refractivity contribution in [2.75, 3.05) is 6.54 Å². The van der Waals surface area contributed by atoms with Gasteiger partial charge in [-0.3, -0.25) is 4.90 Å². The number of hydrogen-bond donors (Lipinski definition) is 1. The van der Waals surface area contributed by atoms with Gasteiger partial charge in [-0.2, -0.15) is 0 Å². The van der Waals surface area contributed by atoms with E-state index in [1.54, 1.807) is 0 Å². The predicted molar refractivity (Wildman–Crippen MR) is 69.0 cm³/mol. The first-order valence-corrected chi connectivity index (χ1v) is 6.41. The van der Waals surface area contributed by atoms with Crippen molar-refractivity contribution in [1.29, 1.82) is 0 Å². The largest absolute Gasteiger partial charge is 0.389 e. The average Bonchev–Trinajstić information content (AvgIpc) is 2.69. The maximum atomic E-state index is 10.1. The maximum absolute atomic E-state index is 10.1. The zero-order valence-electron chi connectivity index (χ0n) is 10.4. The van der Waals surface area contributed by atoms with Crippen molar-refractivity contribution in [1.82, 2.24) is 9.88 Å². The number of aromatic nitrogens is 1. The second-order valence-electron chi connectivity index (χ2n) is 5.27. The van der Waals surface area contributed by atoms with Gasteiger partial charge in [0.15, 0.2) is 0 Å². The summed E-state index contributed by atoms with van der Waals surface area (Å²) >= 11 is 5.76. The van der Waals surface area contributed by atoms with Crippen molar-refractivity contribution >= 4 is 11.6 Å². The molecule has 2 rings (SSSR count). The molecule has 1 aliphatic rings. The summed E-state index contributed by atoms with van der Waals surface area (Å²) in [6.45, 7) is 5.64. The topological polar surface area (TPSA) is 36.4 Å². The lowest BCUT2D eigenvalue weighted by atomic mass is 9.96. The first-order chi connectivity index (χ1) is 7.97. The van der Waals surface area contributed by atoms with E-state index in [4.69, 9.17) is 11.6 Å². The highest BCUT2D eigenvalue weighted by molar-refractivity contribution is 6.29. The molecule has 0 aliphatic carbocycles. The van der Waals surface area contributed by atoms with Crippen LogP contribution in [0.4, 0.5) is 0 Å². The molecular weight excluding hydrogens is 236 g/mol. The molecule has 0 amide bonds. The second-order valence-corrected chi connectivity index (χ2v) is 5.66. The molecule has 1 aromatic heterocycles. The molecule has 1 aliphatic heterocycles. The summed E-state index contributed by atoms with van der Waals surface area (Å²) in [5.41, 5.74) is 0.502. The Balaban J connectivity index is 2.05. The van der Waals surface area contributed by atoms with Gasteiger partial charge in [0.2, 0.25) is 0 Å². The fourth-order valence-electron chi connectivity index (χ4n) is 2.55. The van der Waals surface area contributed by atoms with Gasteiger partial charge in [-0.1, -0.05) is 17.7 Å². The van der Waals surface area contributed by atoms with Gasteiger partial charge < -0.3 is 5.11 Å². The Bertz CT molecular complexity index is 372. The molecule has 0 spiro atoms. The molecular formula is C13H19ClN2O. The zero-order chi connectivity index (χ0) is 12.5. The third-order valence-electron chi connectivity index (χ3n) is 3.35. The van der Waals surface area contributed by atoms with E-state index in [1.807, 2.05) is 32.2 Å². The Labute approximate surface area is 107 Å². The van der Waals surface area contributed by atoms with Crippen LogP contribution in [0, 0.1) is 0 Å². The number of rotatable bonds is 3. The van der Waals surface area contributed by atoms with Gasteiger partial charge in [-0.05, 0) is 44.9 Å². The van der Waals surface area contributed by atoms with Gasteiger partial charge in [0.1, 0.15) is 5.15 Å². The molecule has 1 atom stereocenters. The van der Waals surface area contributed by atoms with Crippen LogP contribution in [0.3, 0.4) is 0 Å². The summed E-state index contributed by atoms with van der Waals surface area (Å²) in [4.78, 5) is 6.41. The van der Waals surface area contributed by atoms with Crippen LogP contribution in [0.15, 0.2) is 18.3 Å². The molecule has 4 heteroatoms. The van der Waals surface area contributed by atoms with Crippen LogP contribution < -0.4 is 0 Å². The van der Waals surface area contributed by atoms with Crippen molar-refractivity contribution in [3.8, 4) is 0 Å². The first-order valence-electron chi connectivity index (χ1n) is 6.03.